The zero-order valence-corrected chi connectivity index (χ0v) is 13.6. The molecule has 118 valence electrons. The van der Waals surface area contributed by atoms with Crippen LogP contribution in [0.2, 0.25) is 0 Å². The van der Waals surface area contributed by atoms with Gasteiger partial charge in [0.15, 0.2) is 0 Å². The van der Waals surface area contributed by atoms with E-state index in [1.807, 2.05) is 42.7 Å². The summed E-state index contributed by atoms with van der Waals surface area (Å²) in [4.78, 5) is 28.7. The van der Waals surface area contributed by atoms with Crippen molar-refractivity contribution in [3.8, 4) is 0 Å². The van der Waals surface area contributed by atoms with Gasteiger partial charge >= 0.3 is 0 Å². The number of benzene rings is 1. The van der Waals surface area contributed by atoms with Gasteiger partial charge in [0.25, 0.3) is 0 Å². The lowest BCUT2D eigenvalue weighted by atomic mass is 9.98. The number of hydrogen-bond acceptors (Lipinski definition) is 2. The summed E-state index contributed by atoms with van der Waals surface area (Å²) in [5, 5.41) is 0. The van der Waals surface area contributed by atoms with Crippen molar-refractivity contribution in [1.82, 2.24) is 9.80 Å². The lowest BCUT2D eigenvalue weighted by Crippen LogP contribution is -2.44. The van der Waals surface area contributed by atoms with Gasteiger partial charge in [-0.2, -0.15) is 0 Å². The second kappa shape index (κ2) is 5.41. The summed E-state index contributed by atoms with van der Waals surface area (Å²) in [5.41, 5.74) is 2.37. The Hall–Kier alpha value is -1.84. The van der Waals surface area contributed by atoms with Crippen LogP contribution in [0, 0.1) is 5.92 Å². The molecular weight excluding hydrogens is 276 g/mol. The molecule has 0 spiro atoms. The summed E-state index contributed by atoms with van der Waals surface area (Å²) in [7, 11) is 0. The quantitative estimate of drug-likeness (QED) is 0.798. The average molecular weight is 300 g/mol. The fraction of sp³-hybridized carbons (Fsp3) is 0.556. The van der Waals surface area contributed by atoms with Gasteiger partial charge in [-0.3, -0.25) is 9.59 Å². The third-order valence-electron chi connectivity index (χ3n) is 4.73. The number of hydrogen-bond donors (Lipinski definition) is 0. The van der Waals surface area contributed by atoms with Crippen molar-refractivity contribution in [2.75, 3.05) is 13.1 Å². The number of amides is 2. The van der Waals surface area contributed by atoms with Gasteiger partial charge in [0, 0.05) is 31.6 Å². The molecule has 0 aliphatic carbocycles. The van der Waals surface area contributed by atoms with E-state index in [0.717, 1.165) is 13.0 Å². The molecule has 0 unspecified atom stereocenters. The minimum Gasteiger partial charge on any atom is -0.338 e. The van der Waals surface area contributed by atoms with E-state index >= 15 is 0 Å². The largest absolute Gasteiger partial charge is 0.338 e. The van der Waals surface area contributed by atoms with Crippen LogP contribution in [0.4, 0.5) is 0 Å². The lowest BCUT2D eigenvalue weighted by Gasteiger charge is -2.33. The van der Waals surface area contributed by atoms with Crippen molar-refractivity contribution in [2.24, 2.45) is 5.92 Å². The molecule has 4 nitrogen and oxygen atoms in total. The number of carbonyl (C=O) groups is 2. The second-order valence-corrected chi connectivity index (χ2v) is 7.35. The Morgan fingerprint density at radius 2 is 1.86 bits per heavy atom. The first kappa shape index (κ1) is 15.1. The molecule has 0 aromatic heterocycles. The number of rotatable bonds is 1. The fourth-order valence-electron chi connectivity index (χ4n) is 3.46. The van der Waals surface area contributed by atoms with E-state index in [4.69, 9.17) is 0 Å². The van der Waals surface area contributed by atoms with Crippen molar-refractivity contribution in [3.63, 3.8) is 0 Å². The van der Waals surface area contributed by atoms with E-state index in [1.54, 1.807) is 0 Å². The number of carbonyl (C=O) groups excluding carboxylic acids is 2. The number of nitrogens with zero attached hydrogens (tertiary/aromatic N) is 2. The molecule has 1 fully saturated rings. The maximum atomic E-state index is 12.8. The molecule has 0 bridgehead atoms. The summed E-state index contributed by atoms with van der Waals surface area (Å²) in [6.45, 7) is 8.06. The molecule has 22 heavy (non-hydrogen) atoms. The average Bonchev–Trinajstić information content (AvgIpc) is 2.88. The Labute approximate surface area is 132 Å². The van der Waals surface area contributed by atoms with Crippen LogP contribution < -0.4 is 0 Å². The summed E-state index contributed by atoms with van der Waals surface area (Å²) < 4.78 is 0. The smallest absolute Gasteiger partial charge is 0.228 e. The maximum absolute atomic E-state index is 12.8. The van der Waals surface area contributed by atoms with Crippen molar-refractivity contribution in [1.29, 1.82) is 0 Å². The van der Waals surface area contributed by atoms with Crippen molar-refractivity contribution in [2.45, 2.75) is 45.7 Å². The number of fused-ring (bicyclic) bond motifs is 1. The zero-order chi connectivity index (χ0) is 15.9. The maximum Gasteiger partial charge on any atom is 0.228 e. The van der Waals surface area contributed by atoms with Crippen LogP contribution in [0.15, 0.2) is 24.3 Å². The Bertz CT molecular complexity index is 603. The van der Waals surface area contributed by atoms with Crippen LogP contribution in [0.5, 0.6) is 0 Å². The SMILES string of the molecule is CC(C)(C)N1C[C@H](C(=O)N2CCc3ccccc3C2)CC1=O. The molecule has 1 saturated heterocycles. The highest BCUT2D eigenvalue weighted by Crippen LogP contribution is 2.28. The van der Waals surface area contributed by atoms with Gasteiger partial charge in [-0.15, -0.1) is 0 Å². The molecule has 0 N–H and O–H groups in total. The number of likely N-dealkylation sites (tertiary alicyclic amines) is 1. The summed E-state index contributed by atoms with van der Waals surface area (Å²) in [6.07, 6.45) is 1.26. The van der Waals surface area contributed by atoms with Gasteiger partial charge in [-0.1, -0.05) is 24.3 Å². The summed E-state index contributed by atoms with van der Waals surface area (Å²) >= 11 is 0. The van der Waals surface area contributed by atoms with Crippen LogP contribution in [-0.4, -0.2) is 40.2 Å². The molecule has 2 heterocycles. The highest BCUT2D eigenvalue weighted by atomic mass is 16.2. The molecule has 1 aromatic rings. The van der Waals surface area contributed by atoms with Gasteiger partial charge in [0.1, 0.15) is 0 Å². The monoisotopic (exact) mass is 300 g/mol. The normalized spacial score (nSPS) is 22.0. The molecule has 4 heteroatoms. The Morgan fingerprint density at radius 1 is 1.18 bits per heavy atom. The minimum absolute atomic E-state index is 0.100. The Balaban J connectivity index is 1.70. The third-order valence-corrected chi connectivity index (χ3v) is 4.73. The van der Waals surface area contributed by atoms with Gasteiger partial charge < -0.3 is 9.80 Å². The van der Waals surface area contributed by atoms with Crippen molar-refractivity contribution < 1.29 is 9.59 Å². The Morgan fingerprint density at radius 3 is 2.50 bits per heavy atom. The molecule has 0 saturated carbocycles. The van der Waals surface area contributed by atoms with Crippen LogP contribution >= 0.6 is 0 Å². The zero-order valence-electron chi connectivity index (χ0n) is 13.6. The van der Waals surface area contributed by atoms with E-state index in [2.05, 4.69) is 12.1 Å². The molecule has 0 radical (unpaired) electrons. The van der Waals surface area contributed by atoms with E-state index in [9.17, 15) is 9.59 Å². The Kier molecular flexibility index (Phi) is 3.71. The van der Waals surface area contributed by atoms with Crippen LogP contribution in [0.3, 0.4) is 0 Å². The lowest BCUT2D eigenvalue weighted by molar-refractivity contribution is -0.136. The van der Waals surface area contributed by atoms with Crippen LogP contribution in [-0.2, 0) is 22.6 Å². The summed E-state index contributed by atoms with van der Waals surface area (Å²) in [6, 6.07) is 8.30. The first-order valence-electron chi connectivity index (χ1n) is 8.02. The van der Waals surface area contributed by atoms with E-state index in [0.29, 0.717) is 19.5 Å². The van der Waals surface area contributed by atoms with Gasteiger partial charge in [0.05, 0.1) is 5.92 Å². The van der Waals surface area contributed by atoms with Crippen LogP contribution in [0.25, 0.3) is 0 Å². The van der Waals surface area contributed by atoms with E-state index < -0.39 is 0 Å². The van der Waals surface area contributed by atoms with Gasteiger partial charge in [-0.25, -0.2) is 0 Å². The fourth-order valence-corrected chi connectivity index (χ4v) is 3.46. The predicted octanol–water partition coefficient (Wildman–Crippen LogP) is 2.22. The summed E-state index contributed by atoms with van der Waals surface area (Å²) in [5.74, 6) is 0.0508. The molecule has 1 atom stereocenters. The first-order chi connectivity index (χ1) is 10.4. The highest BCUT2D eigenvalue weighted by molar-refractivity contribution is 5.89. The van der Waals surface area contributed by atoms with Gasteiger partial charge in [-0.05, 0) is 38.3 Å². The molecule has 2 aliphatic heterocycles. The molecule has 3 rings (SSSR count). The molecule has 2 aliphatic rings. The van der Waals surface area contributed by atoms with Crippen LogP contribution in [0.1, 0.15) is 38.3 Å². The van der Waals surface area contributed by atoms with Crippen molar-refractivity contribution >= 4 is 11.8 Å². The second-order valence-electron chi connectivity index (χ2n) is 7.35. The minimum atomic E-state index is -0.208. The van der Waals surface area contributed by atoms with E-state index in [-0.39, 0.29) is 23.3 Å². The highest BCUT2D eigenvalue weighted by Gasteiger charge is 2.41. The van der Waals surface area contributed by atoms with Crippen molar-refractivity contribution in [3.05, 3.63) is 35.4 Å². The van der Waals surface area contributed by atoms with E-state index in [1.165, 1.54) is 11.1 Å². The first-order valence-corrected chi connectivity index (χ1v) is 8.02. The predicted molar refractivity (Wildman–Crippen MR) is 85.1 cm³/mol. The molecule has 1 aromatic carbocycles. The van der Waals surface area contributed by atoms with Gasteiger partial charge in [0.2, 0.25) is 11.8 Å². The standard InChI is InChI=1S/C18H24N2O2/c1-18(2,3)20-12-15(10-16(20)21)17(22)19-9-8-13-6-4-5-7-14(13)11-19/h4-7,15H,8-12H2,1-3H3/t15-/m1/s1. The molecule has 2 amide bonds. The topological polar surface area (TPSA) is 40.6 Å². The third kappa shape index (κ3) is 2.74. The molecular formula is C18H24N2O2.